The normalized spacial score (nSPS) is 10.7. The number of nitrogens with two attached hydrogens (primary N) is 2. The average molecular weight is 875 g/mol. The van der Waals surface area contributed by atoms with E-state index >= 15 is 0 Å². The second-order valence-electron chi connectivity index (χ2n) is 12.1. The molecule has 1 heterocycles. The van der Waals surface area contributed by atoms with E-state index in [1.165, 1.54) is 7.11 Å². The Hall–Kier alpha value is -6.03. The predicted octanol–water partition coefficient (Wildman–Crippen LogP) is 4.09. The van der Waals surface area contributed by atoms with Gasteiger partial charge in [-0.05, 0) is 79.9 Å². The number of para-hydroxylation sites is 1. The van der Waals surface area contributed by atoms with E-state index in [4.69, 9.17) is 65.0 Å². The summed E-state index contributed by atoms with van der Waals surface area (Å²) in [5.74, 6) is 1.65. The van der Waals surface area contributed by atoms with Crippen molar-refractivity contribution >= 4 is 42.9 Å². The fourth-order valence-electron chi connectivity index (χ4n) is 4.75. The number of fused-ring (bicyclic) bond motifs is 1. The highest BCUT2D eigenvalue weighted by molar-refractivity contribution is 7.86. The summed E-state index contributed by atoms with van der Waals surface area (Å²) in [7, 11) is -4.84. The predicted molar refractivity (Wildman–Crippen MR) is 228 cm³/mol. The van der Waals surface area contributed by atoms with Crippen LogP contribution in [-0.4, -0.2) is 100.0 Å². The van der Waals surface area contributed by atoms with Crippen LogP contribution in [0.1, 0.15) is 30.4 Å². The first-order valence-electron chi connectivity index (χ1n) is 17.9. The van der Waals surface area contributed by atoms with Gasteiger partial charge in [-0.25, -0.2) is 0 Å². The zero-order chi connectivity index (χ0) is 44.7. The number of ether oxygens (including phenoxy) is 4. The highest BCUT2D eigenvalue weighted by Crippen LogP contribution is 2.34. The van der Waals surface area contributed by atoms with Crippen LogP contribution in [0.15, 0.2) is 106 Å². The summed E-state index contributed by atoms with van der Waals surface area (Å²) in [4.78, 5) is 12.6. The van der Waals surface area contributed by atoms with E-state index in [1.54, 1.807) is 49.6 Å². The third-order valence-corrected chi connectivity index (χ3v) is 9.05. The zero-order valence-corrected chi connectivity index (χ0v) is 34.6. The molecule has 326 valence electrons. The van der Waals surface area contributed by atoms with Crippen molar-refractivity contribution < 1.29 is 59.5 Å². The van der Waals surface area contributed by atoms with Crippen molar-refractivity contribution in [3.63, 3.8) is 0 Å². The molecule has 0 radical (unpaired) electrons. The molecule has 0 saturated carbocycles. The monoisotopic (exact) mass is 874 g/mol. The van der Waals surface area contributed by atoms with E-state index in [0.717, 1.165) is 36.3 Å². The Balaban J connectivity index is 0.000000317. The molecule has 5 aromatic rings. The van der Waals surface area contributed by atoms with E-state index in [9.17, 15) is 21.6 Å². The summed E-state index contributed by atoms with van der Waals surface area (Å²) in [6.45, 7) is 0.233. The Morgan fingerprint density at radius 3 is 1.48 bits per heavy atom. The van der Waals surface area contributed by atoms with E-state index in [-0.39, 0.29) is 22.8 Å². The fourth-order valence-corrected chi connectivity index (χ4v) is 5.21. The van der Waals surface area contributed by atoms with Crippen molar-refractivity contribution in [2.75, 3.05) is 52.2 Å². The van der Waals surface area contributed by atoms with Gasteiger partial charge in [-0.1, -0.05) is 36.4 Å². The molecule has 4 aromatic carbocycles. The van der Waals surface area contributed by atoms with Crippen LogP contribution in [0, 0.1) is 10.8 Å². The number of nitrogen functional groups attached to an aromatic ring is 2. The highest BCUT2D eigenvalue weighted by atomic mass is 32.2. The number of nitrogens with one attached hydrogen (secondary N) is 2. The second kappa shape index (κ2) is 25.5. The first kappa shape index (κ1) is 50.1. The maximum atomic E-state index is 12.6. The molecule has 0 amide bonds. The summed E-state index contributed by atoms with van der Waals surface area (Å²) in [6.07, 6.45) is 2.90. The summed E-state index contributed by atoms with van der Waals surface area (Å²) in [5.41, 5.74) is 13.2. The van der Waals surface area contributed by atoms with E-state index in [1.807, 2.05) is 54.6 Å². The van der Waals surface area contributed by atoms with Crippen molar-refractivity contribution in [3.05, 3.63) is 118 Å². The first-order valence-corrected chi connectivity index (χ1v) is 21.2. The Morgan fingerprint density at radius 1 is 0.650 bits per heavy atom. The standard InChI is InChI=1S/C19H24N4O2.C17H14O4.2C2H6O4S/c20-18(21)14-4-8-16(9-5-14)24-12-2-1-3-13-25-17-10-6-15(7-11-17)19(22)23;1-19-13-10-6-9-12-14(18)17(20-2)15(21-16(12)13)11-7-4-3-5-8-11;2*3-1-2-7(4,5)6/h4-11H,1-3,12-13H2,(H3,20,21)(H3,22,23);3-10H,1-2H3;2*3H,1-2H2,(H,4,5,6). The molecule has 20 heteroatoms. The van der Waals surface area contributed by atoms with Crippen LogP contribution in [-0.2, 0) is 20.2 Å². The number of amidine groups is 2. The van der Waals surface area contributed by atoms with Crippen LogP contribution >= 0.6 is 0 Å². The lowest BCUT2D eigenvalue weighted by atomic mass is 10.1. The smallest absolute Gasteiger partial charge is 0.267 e. The quantitative estimate of drug-likeness (QED) is 0.0282. The number of hydrogen-bond donors (Lipinski definition) is 8. The number of aliphatic hydroxyl groups excluding tert-OH is 2. The molecule has 0 saturated heterocycles. The van der Waals surface area contributed by atoms with Crippen LogP contribution in [0.2, 0.25) is 0 Å². The summed E-state index contributed by atoms with van der Waals surface area (Å²) in [6, 6.07) is 29.0. The van der Waals surface area contributed by atoms with Gasteiger partial charge in [-0.15, -0.1) is 0 Å². The minimum atomic E-state index is -3.92. The average Bonchev–Trinajstić information content (AvgIpc) is 3.20. The van der Waals surface area contributed by atoms with Gasteiger partial charge in [0.2, 0.25) is 11.2 Å². The molecule has 0 spiro atoms. The fraction of sp³-hybridized carbons (Fsp3) is 0.275. The third-order valence-electron chi connectivity index (χ3n) is 7.66. The van der Waals surface area contributed by atoms with Gasteiger partial charge in [-0.2, -0.15) is 16.8 Å². The molecule has 5 rings (SSSR count). The molecule has 18 nitrogen and oxygen atoms in total. The van der Waals surface area contributed by atoms with Crippen molar-refractivity contribution in [3.8, 4) is 34.3 Å². The van der Waals surface area contributed by atoms with Gasteiger partial charge in [0, 0.05) is 16.7 Å². The number of unbranched alkanes of at least 4 members (excludes halogenated alkanes) is 2. The molecule has 10 N–H and O–H groups in total. The minimum absolute atomic E-state index is 0.0579. The van der Waals surface area contributed by atoms with Crippen molar-refractivity contribution in [1.82, 2.24) is 0 Å². The molecule has 1 aromatic heterocycles. The Morgan fingerprint density at radius 2 is 1.12 bits per heavy atom. The van der Waals surface area contributed by atoms with E-state index in [0.29, 0.717) is 46.8 Å². The lowest BCUT2D eigenvalue weighted by Gasteiger charge is -2.10. The zero-order valence-electron chi connectivity index (χ0n) is 32.9. The third kappa shape index (κ3) is 18.3. The van der Waals surface area contributed by atoms with Crippen molar-refractivity contribution in [1.29, 1.82) is 10.8 Å². The lowest BCUT2D eigenvalue weighted by molar-refractivity contribution is 0.279. The maximum Gasteiger partial charge on any atom is 0.267 e. The topological polar surface area (TPSA) is 316 Å². The van der Waals surface area contributed by atoms with Gasteiger partial charge in [0.15, 0.2) is 17.1 Å². The minimum Gasteiger partial charge on any atom is -0.494 e. The number of aliphatic hydroxyl groups is 2. The Bertz CT molecular complexity index is 2280. The van der Waals surface area contributed by atoms with E-state index < -0.39 is 45.0 Å². The molecule has 0 fully saturated rings. The Kier molecular flexibility index (Phi) is 21.3. The van der Waals surface area contributed by atoms with E-state index in [2.05, 4.69) is 0 Å². The number of benzene rings is 4. The molecular weight excluding hydrogens is 825 g/mol. The largest absolute Gasteiger partial charge is 0.494 e. The van der Waals surface area contributed by atoms with Crippen LogP contribution < -0.4 is 35.8 Å². The SMILES string of the molecule is COc1c(-c2ccccc2)oc2c(OC)cccc2c1=O.N=C(N)c1ccc(OCCCCCOc2ccc(C(=N)N)cc2)cc1.O=S(=O)(O)CCO.O=S(=O)(O)CCO. The molecular formula is C40H50N4O14S2. The Labute approximate surface area is 347 Å². The molecule has 60 heavy (non-hydrogen) atoms. The summed E-state index contributed by atoms with van der Waals surface area (Å²) >= 11 is 0. The van der Waals surface area contributed by atoms with Crippen LogP contribution in [0.5, 0.6) is 23.0 Å². The molecule has 0 atom stereocenters. The second-order valence-corrected chi connectivity index (χ2v) is 15.3. The number of rotatable bonds is 17. The van der Waals surface area contributed by atoms with Crippen LogP contribution in [0.3, 0.4) is 0 Å². The molecule has 0 aliphatic carbocycles. The van der Waals surface area contributed by atoms with Gasteiger partial charge >= 0.3 is 0 Å². The summed E-state index contributed by atoms with van der Waals surface area (Å²) in [5, 5.41) is 30.8. The van der Waals surface area contributed by atoms with Gasteiger partial charge in [0.05, 0.1) is 57.5 Å². The van der Waals surface area contributed by atoms with Gasteiger partial charge in [0.25, 0.3) is 20.2 Å². The van der Waals surface area contributed by atoms with Crippen LogP contribution in [0.25, 0.3) is 22.3 Å². The highest BCUT2D eigenvalue weighted by Gasteiger charge is 2.18. The number of methoxy groups -OCH3 is 2. The lowest BCUT2D eigenvalue weighted by Crippen LogP contribution is -2.10. The molecule has 0 bridgehead atoms. The summed E-state index contributed by atoms with van der Waals surface area (Å²) < 4.78 is 81.9. The van der Waals surface area contributed by atoms with Gasteiger partial charge < -0.3 is 45.0 Å². The number of hydrogen-bond acceptors (Lipinski definition) is 14. The maximum absolute atomic E-state index is 12.6. The van der Waals surface area contributed by atoms with Crippen LogP contribution in [0.4, 0.5) is 0 Å². The van der Waals surface area contributed by atoms with Gasteiger partial charge in [0.1, 0.15) is 23.2 Å². The first-order chi connectivity index (χ1) is 28.4. The molecule has 0 aliphatic heterocycles. The molecule has 0 aliphatic rings. The van der Waals surface area contributed by atoms with Crippen molar-refractivity contribution in [2.24, 2.45) is 11.5 Å². The van der Waals surface area contributed by atoms with Crippen molar-refractivity contribution in [2.45, 2.75) is 19.3 Å². The molecule has 0 unspecified atom stereocenters. The van der Waals surface area contributed by atoms with Gasteiger partial charge in [-0.3, -0.25) is 24.7 Å².